The molecular weight excluding hydrogens is 473 g/mol. The van der Waals surface area contributed by atoms with E-state index in [9.17, 15) is 9.59 Å². The highest BCUT2D eigenvalue weighted by Gasteiger charge is 2.52. The fourth-order valence-electron chi connectivity index (χ4n) is 4.37. The number of amides is 2. The van der Waals surface area contributed by atoms with Gasteiger partial charge in [0.2, 0.25) is 11.9 Å². The number of rotatable bonds is 7. The van der Waals surface area contributed by atoms with Crippen LogP contribution < -0.4 is 16.1 Å². The molecule has 10 nitrogen and oxygen atoms in total. The minimum atomic E-state index is -0.661. The Bertz CT molecular complexity index is 932. The molecule has 3 rings (SSSR count). The van der Waals surface area contributed by atoms with Crippen molar-refractivity contribution in [2.45, 2.75) is 110 Å². The second kappa shape index (κ2) is 11.1. The van der Waals surface area contributed by atoms with E-state index in [0.717, 1.165) is 24.7 Å². The van der Waals surface area contributed by atoms with Crippen LogP contribution >= 0.6 is 0 Å². The van der Waals surface area contributed by atoms with Gasteiger partial charge >= 0.3 is 13.2 Å². The van der Waals surface area contributed by atoms with Gasteiger partial charge in [0, 0.05) is 37.0 Å². The van der Waals surface area contributed by atoms with Crippen LogP contribution in [0.2, 0.25) is 0 Å². The lowest BCUT2D eigenvalue weighted by Crippen LogP contribution is -2.57. The molecular formula is C26H44BN5O5. The SMILES string of the molecule is CC(C)C(NC(=O)OC(C)(C)C)C(=O)N1CCCCC1CNc1ncc(B2OC(C)(C)C(C)(C)O2)cn1. The first-order valence-corrected chi connectivity index (χ1v) is 13.3. The lowest BCUT2D eigenvalue weighted by molar-refractivity contribution is -0.138. The van der Waals surface area contributed by atoms with Crippen molar-refractivity contribution in [1.82, 2.24) is 20.2 Å². The topological polar surface area (TPSA) is 115 Å². The maximum absolute atomic E-state index is 13.5. The molecule has 0 spiro atoms. The predicted octanol–water partition coefficient (Wildman–Crippen LogP) is 3.12. The average Bonchev–Trinajstić information content (AvgIpc) is 3.01. The third-order valence-corrected chi connectivity index (χ3v) is 7.21. The Kier molecular flexibility index (Phi) is 8.79. The van der Waals surface area contributed by atoms with E-state index in [1.54, 1.807) is 33.2 Å². The van der Waals surface area contributed by atoms with E-state index in [1.165, 1.54) is 0 Å². The molecule has 0 radical (unpaired) electrons. The number of nitrogens with zero attached hydrogens (tertiary/aromatic N) is 3. The minimum Gasteiger partial charge on any atom is -0.444 e. The average molecular weight is 517 g/mol. The van der Waals surface area contributed by atoms with Gasteiger partial charge in [-0.15, -0.1) is 0 Å². The molecule has 1 aromatic heterocycles. The molecule has 37 heavy (non-hydrogen) atoms. The van der Waals surface area contributed by atoms with E-state index < -0.39 is 36.1 Å². The zero-order valence-corrected chi connectivity index (χ0v) is 23.9. The summed E-state index contributed by atoms with van der Waals surface area (Å²) >= 11 is 0. The Morgan fingerprint density at radius 3 is 2.27 bits per heavy atom. The second-order valence-corrected chi connectivity index (χ2v) is 12.4. The molecule has 2 atom stereocenters. The van der Waals surface area contributed by atoms with Crippen LogP contribution in [0.25, 0.3) is 0 Å². The molecule has 2 unspecified atom stereocenters. The van der Waals surface area contributed by atoms with Crippen molar-refractivity contribution in [2.75, 3.05) is 18.4 Å². The maximum atomic E-state index is 13.5. The predicted molar refractivity (Wildman–Crippen MR) is 144 cm³/mol. The number of hydrogen-bond donors (Lipinski definition) is 2. The van der Waals surface area contributed by atoms with Gasteiger partial charge in [-0.2, -0.15) is 0 Å². The first kappa shape index (κ1) is 29.2. The van der Waals surface area contributed by atoms with Crippen LogP contribution in [0, 0.1) is 5.92 Å². The van der Waals surface area contributed by atoms with E-state index in [-0.39, 0.29) is 17.9 Å². The number of aromatic nitrogens is 2. The second-order valence-electron chi connectivity index (χ2n) is 12.4. The Balaban J connectivity index is 1.62. The lowest BCUT2D eigenvalue weighted by atomic mass is 9.81. The highest BCUT2D eigenvalue weighted by Crippen LogP contribution is 2.36. The van der Waals surface area contributed by atoms with Gasteiger partial charge in [0.1, 0.15) is 11.6 Å². The van der Waals surface area contributed by atoms with Gasteiger partial charge in [-0.1, -0.05) is 13.8 Å². The van der Waals surface area contributed by atoms with E-state index in [0.29, 0.717) is 19.0 Å². The largest absolute Gasteiger partial charge is 0.498 e. The summed E-state index contributed by atoms with van der Waals surface area (Å²) < 4.78 is 17.5. The van der Waals surface area contributed by atoms with Crippen LogP contribution in [0.4, 0.5) is 10.7 Å². The highest BCUT2D eigenvalue weighted by molar-refractivity contribution is 6.61. The fraction of sp³-hybridized carbons (Fsp3) is 0.769. The van der Waals surface area contributed by atoms with Crippen molar-refractivity contribution in [2.24, 2.45) is 5.92 Å². The van der Waals surface area contributed by atoms with Crippen LogP contribution in [0.5, 0.6) is 0 Å². The number of piperidine rings is 1. The number of carbonyl (C=O) groups excluding carboxylic acids is 2. The van der Waals surface area contributed by atoms with Crippen LogP contribution in [0.3, 0.4) is 0 Å². The summed E-state index contributed by atoms with van der Waals surface area (Å²) in [6, 6.07) is -0.694. The number of hydrogen-bond acceptors (Lipinski definition) is 8. The van der Waals surface area contributed by atoms with E-state index >= 15 is 0 Å². The summed E-state index contributed by atoms with van der Waals surface area (Å²) in [7, 11) is -0.518. The van der Waals surface area contributed by atoms with E-state index in [2.05, 4.69) is 20.6 Å². The lowest BCUT2D eigenvalue weighted by Gasteiger charge is -2.39. The van der Waals surface area contributed by atoms with Crippen molar-refractivity contribution in [3.8, 4) is 0 Å². The van der Waals surface area contributed by atoms with Crippen LogP contribution in [-0.2, 0) is 18.8 Å². The normalized spacial score (nSPS) is 22.1. The minimum absolute atomic E-state index is 0.0330. The first-order chi connectivity index (χ1) is 17.1. The quantitative estimate of drug-likeness (QED) is 0.531. The summed E-state index contributed by atoms with van der Waals surface area (Å²) in [6.45, 7) is 18.4. The number of likely N-dealkylation sites (tertiary alicyclic amines) is 1. The molecule has 0 aliphatic carbocycles. The number of ether oxygens (including phenoxy) is 1. The Hall–Kier alpha value is -2.40. The summed E-state index contributed by atoms with van der Waals surface area (Å²) in [5, 5.41) is 6.07. The van der Waals surface area contributed by atoms with Gasteiger partial charge in [0.05, 0.1) is 11.2 Å². The zero-order chi connectivity index (χ0) is 27.6. The van der Waals surface area contributed by atoms with Gasteiger partial charge < -0.3 is 29.6 Å². The molecule has 206 valence electrons. The van der Waals surface area contributed by atoms with Crippen molar-refractivity contribution >= 4 is 30.5 Å². The zero-order valence-electron chi connectivity index (χ0n) is 23.9. The number of nitrogens with one attached hydrogen (secondary N) is 2. The van der Waals surface area contributed by atoms with Crippen molar-refractivity contribution < 1.29 is 23.6 Å². The standard InChI is InChI=1S/C26H44BN5O5/c1-17(2)20(31-23(34)35-24(3,4)5)21(33)32-13-11-10-12-19(32)16-30-22-28-14-18(15-29-22)27-36-25(6,7)26(8,9)37-27/h14-15,17,19-20H,10-13,16H2,1-9H3,(H,31,34)(H,28,29,30). The van der Waals surface area contributed by atoms with Gasteiger partial charge in [0.15, 0.2) is 0 Å². The van der Waals surface area contributed by atoms with E-state index in [1.807, 2.05) is 46.4 Å². The Morgan fingerprint density at radius 1 is 1.14 bits per heavy atom. The fourth-order valence-corrected chi connectivity index (χ4v) is 4.37. The summed E-state index contributed by atoms with van der Waals surface area (Å²) in [6.07, 6.45) is 5.66. The van der Waals surface area contributed by atoms with E-state index in [4.69, 9.17) is 14.0 Å². The maximum Gasteiger partial charge on any atom is 0.498 e. The molecule has 2 saturated heterocycles. The molecule has 2 amide bonds. The van der Waals surface area contributed by atoms with Crippen molar-refractivity contribution in [1.29, 1.82) is 0 Å². The molecule has 2 N–H and O–H groups in total. The molecule has 11 heteroatoms. The first-order valence-electron chi connectivity index (χ1n) is 13.3. The Morgan fingerprint density at radius 2 is 1.73 bits per heavy atom. The van der Waals surface area contributed by atoms with Gasteiger partial charge in [0.25, 0.3) is 0 Å². The van der Waals surface area contributed by atoms with Crippen LogP contribution in [0.15, 0.2) is 12.4 Å². The smallest absolute Gasteiger partial charge is 0.444 e. The molecule has 0 bridgehead atoms. The third-order valence-electron chi connectivity index (χ3n) is 7.21. The summed E-state index contributed by atoms with van der Waals surface area (Å²) in [5.74, 6) is 0.302. The van der Waals surface area contributed by atoms with Crippen LogP contribution in [-0.4, -0.2) is 76.0 Å². The number of anilines is 1. The third kappa shape index (κ3) is 7.34. The van der Waals surface area contributed by atoms with Gasteiger partial charge in [-0.05, 0) is 73.6 Å². The van der Waals surface area contributed by atoms with Gasteiger partial charge in [-0.25, -0.2) is 14.8 Å². The molecule has 0 saturated carbocycles. The van der Waals surface area contributed by atoms with Gasteiger partial charge in [-0.3, -0.25) is 4.79 Å². The molecule has 0 aromatic carbocycles. The van der Waals surface area contributed by atoms with Crippen LogP contribution in [0.1, 0.15) is 81.6 Å². The summed E-state index contributed by atoms with van der Waals surface area (Å²) in [4.78, 5) is 36.7. The molecule has 2 aliphatic heterocycles. The summed E-state index contributed by atoms with van der Waals surface area (Å²) in [5.41, 5.74) is -0.744. The number of carbonyl (C=O) groups is 2. The number of alkyl carbamates (subject to hydrolysis) is 1. The van der Waals surface area contributed by atoms with Crippen molar-refractivity contribution in [3.63, 3.8) is 0 Å². The molecule has 3 heterocycles. The monoisotopic (exact) mass is 517 g/mol. The highest BCUT2D eigenvalue weighted by atomic mass is 16.7. The molecule has 1 aromatic rings. The molecule has 2 fully saturated rings. The molecule has 2 aliphatic rings. The Labute approximate surface area is 221 Å². The van der Waals surface area contributed by atoms with Crippen molar-refractivity contribution in [3.05, 3.63) is 12.4 Å².